The Morgan fingerprint density at radius 1 is 0.783 bits per heavy atom. The molecule has 0 radical (unpaired) electrons. The molecule has 0 bridgehead atoms. The monoisotopic (exact) mass is 323 g/mol. The Labute approximate surface area is 140 Å². The Morgan fingerprint density at radius 3 is 1.87 bits per heavy atom. The molecule has 0 heterocycles. The van der Waals surface area contributed by atoms with Crippen molar-refractivity contribution >= 4 is 0 Å². The third-order valence-corrected chi connectivity index (χ3v) is 3.94. The van der Waals surface area contributed by atoms with E-state index in [0.29, 0.717) is 12.3 Å². The molecular weight excluding hydrogens is 290 g/mol. The first-order chi connectivity index (χ1) is 11.2. The van der Waals surface area contributed by atoms with E-state index in [1.807, 2.05) is 13.0 Å². The van der Waals surface area contributed by atoms with Gasteiger partial charge in [-0.2, -0.15) is 0 Å². The summed E-state index contributed by atoms with van der Waals surface area (Å²) < 4.78 is 0. The van der Waals surface area contributed by atoms with Gasteiger partial charge in [0.2, 0.25) is 0 Å². The lowest BCUT2D eigenvalue weighted by Crippen LogP contribution is -2.35. The molecule has 0 amide bonds. The maximum absolute atomic E-state index is 9.65. The van der Waals surface area contributed by atoms with Crippen LogP contribution in [0, 0.1) is 13.8 Å². The summed E-state index contributed by atoms with van der Waals surface area (Å²) in [6, 6.07) is 3.76. The Morgan fingerprint density at radius 2 is 1.30 bits per heavy atom. The summed E-state index contributed by atoms with van der Waals surface area (Å²) in [5.41, 5.74) is 8.77. The van der Waals surface area contributed by atoms with Gasteiger partial charge < -0.3 is 32.1 Å². The van der Waals surface area contributed by atoms with Crippen LogP contribution in [0.25, 0.3) is 0 Å². The summed E-state index contributed by atoms with van der Waals surface area (Å²) in [6.07, 6.45) is 0. The first-order valence-electron chi connectivity index (χ1n) is 8.47. The number of aromatic hydroxyl groups is 1. The summed E-state index contributed by atoms with van der Waals surface area (Å²) in [5, 5.41) is 23.1. The second-order valence-corrected chi connectivity index (χ2v) is 5.71. The zero-order valence-electron chi connectivity index (χ0n) is 14.5. The van der Waals surface area contributed by atoms with Crippen molar-refractivity contribution in [2.45, 2.75) is 20.4 Å². The van der Waals surface area contributed by atoms with Gasteiger partial charge in [0.25, 0.3) is 0 Å². The minimum absolute atomic E-state index is 0.374. The van der Waals surface area contributed by atoms with E-state index in [9.17, 15) is 5.11 Å². The molecule has 6 nitrogen and oxygen atoms in total. The topological polar surface area (TPSA) is 94.4 Å². The van der Waals surface area contributed by atoms with Crippen molar-refractivity contribution in [2.75, 3.05) is 52.4 Å². The first kappa shape index (κ1) is 19.9. The van der Waals surface area contributed by atoms with E-state index in [2.05, 4.69) is 28.2 Å². The summed E-state index contributed by atoms with van der Waals surface area (Å²) in [6.45, 7) is 12.2. The minimum Gasteiger partial charge on any atom is -0.508 e. The summed E-state index contributed by atoms with van der Waals surface area (Å²) in [4.78, 5) is 0. The molecule has 0 saturated heterocycles. The molecule has 1 aromatic rings. The largest absolute Gasteiger partial charge is 0.508 e. The number of hydrogen-bond acceptors (Lipinski definition) is 6. The Kier molecular flexibility index (Phi) is 10.6. The number of phenols is 1. The Bertz CT molecular complexity index is 439. The van der Waals surface area contributed by atoms with Gasteiger partial charge in [-0.15, -0.1) is 0 Å². The SMILES string of the molecule is Cc1c(O)ccc(CNCCNCCNCCNCCN)c1C. The zero-order valence-corrected chi connectivity index (χ0v) is 14.5. The predicted octanol–water partition coefficient (Wildman–Crippen LogP) is -0.174. The number of hydrogen-bond donors (Lipinski definition) is 6. The van der Waals surface area contributed by atoms with Gasteiger partial charge in [-0.1, -0.05) is 6.07 Å². The third kappa shape index (κ3) is 8.29. The molecule has 0 aliphatic heterocycles. The fourth-order valence-corrected chi connectivity index (χ4v) is 2.28. The van der Waals surface area contributed by atoms with E-state index in [-0.39, 0.29) is 0 Å². The molecule has 0 aromatic heterocycles. The van der Waals surface area contributed by atoms with Crippen LogP contribution in [-0.2, 0) is 6.54 Å². The summed E-state index contributed by atoms with van der Waals surface area (Å²) in [5.74, 6) is 0.374. The first-order valence-corrected chi connectivity index (χ1v) is 8.47. The van der Waals surface area contributed by atoms with Crippen molar-refractivity contribution in [1.82, 2.24) is 21.3 Å². The van der Waals surface area contributed by atoms with Crippen LogP contribution in [0.3, 0.4) is 0 Å². The number of benzene rings is 1. The smallest absolute Gasteiger partial charge is 0.118 e. The molecule has 0 aliphatic rings. The van der Waals surface area contributed by atoms with E-state index in [0.717, 1.165) is 63.5 Å². The normalized spacial score (nSPS) is 11.1. The average molecular weight is 323 g/mol. The second kappa shape index (κ2) is 12.3. The van der Waals surface area contributed by atoms with Gasteiger partial charge in [0.15, 0.2) is 0 Å². The third-order valence-electron chi connectivity index (χ3n) is 3.94. The molecular formula is C17H33N5O. The van der Waals surface area contributed by atoms with Crippen molar-refractivity contribution in [3.8, 4) is 5.75 Å². The van der Waals surface area contributed by atoms with Crippen LogP contribution in [0.2, 0.25) is 0 Å². The van der Waals surface area contributed by atoms with Gasteiger partial charge in [-0.3, -0.25) is 0 Å². The lowest BCUT2D eigenvalue weighted by molar-refractivity contribution is 0.470. The van der Waals surface area contributed by atoms with Crippen LogP contribution in [0.1, 0.15) is 16.7 Å². The van der Waals surface area contributed by atoms with Crippen LogP contribution in [0.15, 0.2) is 12.1 Å². The lowest BCUT2D eigenvalue weighted by Gasteiger charge is -2.12. The number of phenolic OH excluding ortho intramolecular Hbond substituents is 1. The van der Waals surface area contributed by atoms with Gasteiger partial charge in [-0.05, 0) is 36.6 Å². The molecule has 6 heteroatoms. The summed E-state index contributed by atoms with van der Waals surface area (Å²) >= 11 is 0. The lowest BCUT2D eigenvalue weighted by atomic mass is 10.0. The molecule has 1 rings (SSSR count). The molecule has 132 valence electrons. The minimum atomic E-state index is 0.374. The Hall–Kier alpha value is -1.18. The molecule has 23 heavy (non-hydrogen) atoms. The number of rotatable bonds is 13. The maximum Gasteiger partial charge on any atom is 0.118 e. The van der Waals surface area contributed by atoms with Gasteiger partial charge in [0.05, 0.1) is 0 Å². The quantitative estimate of drug-likeness (QED) is 0.282. The predicted molar refractivity (Wildman–Crippen MR) is 97.0 cm³/mol. The second-order valence-electron chi connectivity index (χ2n) is 5.71. The van der Waals surface area contributed by atoms with Gasteiger partial charge in [-0.25, -0.2) is 0 Å². The standard InChI is InChI=1S/C17H33N5O/c1-14-15(2)17(23)4-3-16(14)13-22-12-11-21-10-9-20-8-7-19-6-5-18/h3-4,19-23H,5-13,18H2,1-2H3. The molecule has 0 aliphatic carbocycles. The van der Waals surface area contributed by atoms with E-state index < -0.39 is 0 Å². The van der Waals surface area contributed by atoms with Crippen molar-refractivity contribution in [1.29, 1.82) is 0 Å². The number of nitrogens with two attached hydrogens (primary N) is 1. The van der Waals surface area contributed by atoms with Crippen molar-refractivity contribution in [2.24, 2.45) is 5.73 Å². The molecule has 0 atom stereocenters. The molecule has 0 spiro atoms. The molecule has 0 saturated carbocycles. The van der Waals surface area contributed by atoms with Gasteiger partial charge in [0, 0.05) is 58.9 Å². The van der Waals surface area contributed by atoms with Crippen molar-refractivity contribution < 1.29 is 5.11 Å². The highest BCUT2D eigenvalue weighted by molar-refractivity contribution is 5.42. The van der Waals surface area contributed by atoms with Crippen LogP contribution in [0.4, 0.5) is 0 Å². The van der Waals surface area contributed by atoms with Crippen molar-refractivity contribution in [3.63, 3.8) is 0 Å². The average Bonchev–Trinajstić information content (AvgIpc) is 2.55. The highest BCUT2D eigenvalue weighted by Crippen LogP contribution is 2.22. The fourth-order valence-electron chi connectivity index (χ4n) is 2.28. The van der Waals surface area contributed by atoms with Crippen LogP contribution in [0.5, 0.6) is 5.75 Å². The zero-order chi connectivity index (χ0) is 16.9. The maximum atomic E-state index is 9.65. The van der Waals surface area contributed by atoms with Crippen molar-refractivity contribution in [3.05, 3.63) is 28.8 Å². The van der Waals surface area contributed by atoms with Crippen LogP contribution >= 0.6 is 0 Å². The van der Waals surface area contributed by atoms with E-state index in [1.54, 1.807) is 6.07 Å². The number of nitrogens with one attached hydrogen (secondary N) is 4. The van der Waals surface area contributed by atoms with Crippen LogP contribution in [-0.4, -0.2) is 57.5 Å². The van der Waals surface area contributed by atoms with Gasteiger partial charge in [0.1, 0.15) is 5.75 Å². The highest BCUT2D eigenvalue weighted by Gasteiger charge is 2.04. The molecule has 0 fully saturated rings. The molecule has 0 unspecified atom stereocenters. The Balaban J connectivity index is 1.97. The highest BCUT2D eigenvalue weighted by atomic mass is 16.3. The molecule has 7 N–H and O–H groups in total. The molecule has 1 aromatic carbocycles. The van der Waals surface area contributed by atoms with E-state index in [4.69, 9.17) is 5.73 Å². The fraction of sp³-hybridized carbons (Fsp3) is 0.647. The summed E-state index contributed by atoms with van der Waals surface area (Å²) in [7, 11) is 0. The van der Waals surface area contributed by atoms with Gasteiger partial charge >= 0.3 is 0 Å². The van der Waals surface area contributed by atoms with Crippen LogP contribution < -0.4 is 27.0 Å². The van der Waals surface area contributed by atoms with E-state index in [1.165, 1.54) is 5.56 Å². The van der Waals surface area contributed by atoms with E-state index >= 15 is 0 Å².